The minimum absolute atomic E-state index is 0.205. The zero-order chi connectivity index (χ0) is 17.9. The van der Waals surface area contributed by atoms with Crippen molar-refractivity contribution >= 4 is 11.3 Å². The number of hydrogen-bond acceptors (Lipinski definition) is 7. The molecular weight excluding hydrogens is 348 g/mol. The summed E-state index contributed by atoms with van der Waals surface area (Å²) in [4.78, 5) is 7.14. The summed E-state index contributed by atoms with van der Waals surface area (Å²) in [5.41, 5.74) is 2.19. The lowest BCUT2D eigenvalue weighted by Crippen LogP contribution is -2.22. The molecule has 4 rings (SSSR count). The van der Waals surface area contributed by atoms with Gasteiger partial charge in [0, 0.05) is 6.04 Å². The van der Waals surface area contributed by atoms with Crippen LogP contribution in [0.25, 0.3) is 16.5 Å². The number of rotatable bonds is 6. The van der Waals surface area contributed by atoms with E-state index in [2.05, 4.69) is 44.2 Å². The molecule has 0 aliphatic heterocycles. The van der Waals surface area contributed by atoms with Gasteiger partial charge in [0.2, 0.25) is 5.89 Å². The Morgan fingerprint density at radius 3 is 2.73 bits per heavy atom. The first-order chi connectivity index (χ1) is 12.7. The van der Waals surface area contributed by atoms with Crippen LogP contribution in [0.1, 0.15) is 24.4 Å². The summed E-state index contributed by atoms with van der Waals surface area (Å²) in [5.74, 6) is 1.19. The highest BCUT2D eigenvalue weighted by Crippen LogP contribution is 2.25. The molecule has 0 saturated carbocycles. The first-order valence-corrected chi connectivity index (χ1v) is 9.10. The Morgan fingerprint density at radius 2 is 2.04 bits per heavy atom. The first kappa shape index (κ1) is 16.6. The van der Waals surface area contributed by atoms with E-state index >= 15 is 0 Å². The molecular formula is C18H18N6OS. The maximum absolute atomic E-state index is 5.78. The zero-order valence-corrected chi connectivity index (χ0v) is 15.3. The van der Waals surface area contributed by atoms with E-state index in [1.165, 1.54) is 11.9 Å². The average molecular weight is 366 g/mol. The van der Waals surface area contributed by atoms with Crippen LogP contribution >= 0.6 is 11.3 Å². The van der Waals surface area contributed by atoms with E-state index in [0.29, 0.717) is 18.3 Å². The molecule has 7 nitrogen and oxygen atoms in total. The van der Waals surface area contributed by atoms with Crippen LogP contribution in [0.5, 0.6) is 0 Å². The van der Waals surface area contributed by atoms with Gasteiger partial charge in [-0.1, -0.05) is 18.2 Å². The Balaban J connectivity index is 1.43. The van der Waals surface area contributed by atoms with Crippen molar-refractivity contribution in [2.45, 2.75) is 19.5 Å². The summed E-state index contributed by atoms with van der Waals surface area (Å²) in [6.45, 7) is 2.74. The van der Waals surface area contributed by atoms with Gasteiger partial charge in [-0.2, -0.15) is 5.10 Å². The van der Waals surface area contributed by atoms with Gasteiger partial charge in [0.05, 0.1) is 17.1 Å². The molecule has 4 aromatic rings. The molecule has 0 spiro atoms. The Hall–Kier alpha value is -2.84. The topological polar surface area (TPSA) is 72.9 Å². The second-order valence-corrected chi connectivity index (χ2v) is 6.95. The molecule has 8 heteroatoms. The Bertz CT molecular complexity index is 946. The second kappa shape index (κ2) is 7.19. The molecule has 0 aliphatic carbocycles. The van der Waals surface area contributed by atoms with E-state index in [9.17, 15) is 0 Å². The number of benzene rings is 1. The third-order valence-corrected chi connectivity index (χ3v) is 5.16. The predicted molar refractivity (Wildman–Crippen MR) is 98.9 cm³/mol. The van der Waals surface area contributed by atoms with Gasteiger partial charge >= 0.3 is 0 Å². The fraction of sp³-hybridized carbons (Fsp3) is 0.222. The summed E-state index contributed by atoms with van der Waals surface area (Å²) in [6, 6.07) is 12.4. The average Bonchev–Trinajstić information content (AvgIpc) is 3.42. The Labute approximate surface area is 154 Å². The van der Waals surface area contributed by atoms with Crippen molar-refractivity contribution in [2.75, 3.05) is 7.05 Å². The van der Waals surface area contributed by atoms with Crippen LogP contribution in [0.2, 0.25) is 0 Å². The molecule has 0 amide bonds. The highest BCUT2D eigenvalue weighted by molar-refractivity contribution is 7.13. The van der Waals surface area contributed by atoms with Crippen molar-refractivity contribution in [1.82, 2.24) is 29.9 Å². The highest BCUT2D eigenvalue weighted by atomic mass is 32.1. The summed E-state index contributed by atoms with van der Waals surface area (Å²) in [6.07, 6.45) is 3.21. The molecule has 1 unspecified atom stereocenters. The maximum atomic E-state index is 5.78. The van der Waals surface area contributed by atoms with Gasteiger partial charge in [-0.15, -0.1) is 21.5 Å². The normalized spacial score (nSPS) is 12.6. The fourth-order valence-electron chi connectivity index (χ4n) is 2.67. The zero-order valence-electron chi connectivity index (χ0n) is 14.5. The smallest absolute Gasteiger partial charge is 0.257 e. The van der Waals surface area contributed by atoms with E-state index in [4.69, 9.17) is 4.42 Å². The second-order valence-electron chi connectivity index (χ2n) is 6.00. The van der Waals surface area contributed by atoms with Gasteiger partial charge in [-0.05, 0) is 43.1 Å². The lowest BCUT2D eigenvalue weighted by Gasteiger charge is -2.23. The van der Waals surface area contributed by atoms with Crippen molar-refractivity contribution in [1.29, 1.82) is 0 Å². The molecule has 3 aromatic heterocycles. The monoisotopic (exact) mass is 366 g/mol. The number of thiophene rings is 1. The number of nitrogens with zero attached hydrogens (tertiary/aromatic N) is 6. The van der Waals surface area contributed by atoms with Crippen molar-refractivity contribution in [3.05, 3.63) is 65.9 Å². The lowest BCUT2D eigenvalue weighted by molar-refractivity contribution is 0.228. The molecule has 0 radical (unpaired) electrons. The maximum Gasteiger partial charge on any atom is 0.257 e. The van der Waals surface area contributed by atoms with Crippen LogP contribution in [0.3, 0.4) is 0 Å². The number of aromatic nitrogens is 5. The van der Waals surface area contributed by atoms with Gasteiger partial charge in [-0.25, -0.2) is 9.67 Å². The molecule has 0 fully saturated rings. The van der Waals surface area contributed by atoms with E-state index in [-0.39, 0.29) is 6.04 Å². The molecule has 0 saturated heterocycles. The minimum atomic E-state index is 0.205. The molecule has 1 aromatic carbocycles. The predicted octanol–water partition coefficient (Wildman–Crippen LogP) is 3.57. The van der Waals surface area contributed by atoms with Gasteiger partial charge < -0.3 is 4.42 Å². The molecule has 0 N–H and O–H groups in total. The summed E-state index contributed by atoms with van der Waals surface area (Å²) in [5, 5.41) is 14.4. The van der Waals surface area contributed by atoms with E-state index in [1.807, 2.05) is 36.7 Å². The molecule has 3 heterocycles. The molecule has 0 aliphatic rings. The minimum Gasteiger partial charge on any atom is -0.419 e. The van der Waals surface area contributed by atoms with Crippen molar-refractivity contribution in [2.24, 2.45) is 0 Å². The van der Waals surface area contributed by atoms with Crippen molar-refractivity contribution in [3.63, 3.8) is 0 Å². The van der Waals surface area contributed by atoms with Gasteiger partial charge in [0.25, 0.3) is 5.89 Å². The SMILES string of the molecule is CC(c1ccc(-n2cncn2)cc1)N(C)Cc1nnc(-c2cccs2)o1. The van der Waals surface area contributed by atoms with Gasteiger partial charge in [0.15, 0.2) is 0 Å². The molecule has 0 bridgehead atoms. The van der Waals surface area contributed by atoms with E-state index < -0.39 is 0 Å². The molecule has 1 atom stereocenters. The van der Waals surface area contributed by atoms with Crippen LogP contribution in [-0.2, 0) is 6.54 Å². The Kier molecular flexibility index (Phi) is 4.59. The summed E-state index contributed by atoms with van der Waals surface area (Å²) >= 11 is 1.59. The van der Waals surface area contributed by atoms with Crippen LogP contribution in [0, 0.1) is 0 Å². The third-order valence-electron chi connectivity index (χ3n) is 4.30. The van der Waals surface area contributed by atoms with Crippen LogP contribution < -0.4 is 0 Å². The standard InChI is InChI=1S/C18H18N6OS/c1-13(14-5-7-15(8-6-14)24-12-19-11-20-24)23(2)10-17-21-22-18(25-17)16-4-3-9-26-16/h3-9,11-13H,10H2,1-2H3. The Morgan fingerprint density at radius 1 is 1.19 bits per heavy atom. The summed E-state index contributed by atoms with van der Waals surface area (Å²) in [7, 11) is 2.05. The van der Waals surface area contributed by atoms with Crippen LogP contribution in [0.15, 0.2) is 58.9 Å². The van der Waals surface area contributed by atoms with E-state index in [0.717, 1.165) is 10.6 Å². The number of hydrogen-bond donors (Lipinski definition) is 0. The first-order valence-electron chi connectivity index (χ1n) is 8.22. The van der Waals surface area contributed by atoms with Crippen LogP contribution in [0.4, 0.5) is 0 Å². The quantitative estimate of drug-likeness (QED) is 0.519. The van der Waals surface area contributed by atoms with E-state index in [1.54, 1.807) is 22.3 Å². The summed E-state index contributed by atoms with van der Waals surface area (Å²) < 4.78 is 7.52. The van der Waals surface area contributed by atoms with Crippen LogP contribution in [-0.4, -0.2) is 36.9 Å². The molecule has 26 heavy (non-hydrogen) atoms. The van der Waals surface area contributed by atoms with Gasteiger partial charge in [0.1, 0.15) is 12.7 Å². The third kappa shape index (κ3) is 3.42. The van der Waals surface area contributed by atoms with Crippen molar-refractivity contribution in [3.8, 4) is 16.5 Å². The fourth-order valence-corrected chi connectivity index (χ4v) is 3.31. The highest BCUT2D eigenvalue weighted by Gasteiger charge is 2.16. The largest absolute Gasteiger partial charge is 0.419 e. The molecule has 132 valence electrons. The van der Waals surface area contributed by atoms with Crippen molar-refractivity contribution < 1.29 is 4.42 Å². The lowest BCUT2D eigenvalue weighted by atomic mass is 10.1. The van der Waals surface area contributed by atoms with Gasteiger partial charge in [-0.3, -0.25) is 4.90 Å².